The van der Waals surface area contributed by atoms with Crippen molar-refractivity contribution in [3.63, 3.8) is 0 Å². The molecule has 0 bridgehead atoms. The van der Waals surface area contributed by atoms with Crippen molar-refractivity contribution in [3.05, 3.63) is 28.0 Å². The van der Waals surface area contributed by atoms with Crippen molar-refractivity contribution in [1.29, 1.82) is 0 Å². The SMILES string of the molecule is CCNC(c1csnn1)c1c(Cl)cnn1CCN(C)C. The third kappa shape index (κ3) is 3.54. The number of hydrogen-bond donors (Lipinski definition) is 1. The zero-order valence-electron chi connectivity index (χ0n) is 11.9. The van der Waals surface area contributed by atoms with Gasteiger partial charge in [0, 0.05) is 11.9 Å². The molecule has 0 fully saturated rings. The maximum absolute atomic E-state index is 6.33. The fourth-order valence-electron chi connectivity index (χ4n) is 1.97. The van der Waals surface area contributed by atoms with E-state index in [4.69, 9.17) is 11.6 Å². The average Bonchev–Trinajstić information content (AvgIpc) is 3.04. The zero-order chi connectivity index (χ0) is 14.5. The summed E-state index contributed by atoms with van der Waals surface area (Å²) >= 11 is 7.66. The molecule has 0 saturated heterocycles. The first kappa shape index (κ1) is 15.4. The second kappa shape index (κ2) is 7.12. The van der Waals surface area contributed by atoms with E-state index in [9.17, 15) is 0 Å². The number of nitrogens with zero attached hydrogens (tertiary/aromatic N) is 5. The molecule has 110 valence electrons. The number of halogens is 1. The first-order valence-electron chi connectivity index (χ1n) is 6.49. The molecule has 2 aromatic heterocycles. The Labute approximate surface area is 127 Å². The Kier molecular flexibility index (Phi) is 5.47. The van der Waals surface area contributed by atoms with E-state index >= 15 is 0 Å². The van der Waals surface area contributed by atoms with Gasteiger partial charge < -0.3 is 10.2 Å². The summed E-state index contributed by atoms with van der Waals surface area (Å²) in [5, 5.41) is 14.5. The summed E-state index contributed by atoms with van der Waals surface area (Å²) in [5.74, 6) is 0. The van der Waals surface area contributed by atoms with Crippen LogP contribution in [0.15, 0.2) is 11.6 Å². The summed E-state index contributed by atoms with van der Waals surface area (Å²) in [5.41, 5.74) is 1.83. The van der Waals surface area contributed by atoms with E-state index in [1.807, 2.05) is 24.2 Å². The Morgan fingerprint density at radius 2 is 2.30 bits per heavy atom. The maximum atomic E-state index is 6.33. The van der Waals surface area contributed by atoms with Gasteiger partial charge in [-0.15, -0.1) is 5.10 Å². The first-order valence-corrected chi connectivity index (χ1v) is 7.71. The van der Waals surface area contributed by atoms with Gasteiger partial charge in [0.25, 0.3) is 0 Å². The number of likely N-dealkylation sites (N-methyl/N-ethyl adjacent to an activating group) is 1. The molecule has 0 spiro atoms. The van der Waals surface area contributed by atoms with E-state index in [-0.39, 0.29) is 6.04 Å². The molecule has 1 unspecified atom stereocenters. The van der Waals surface area contributed by atoms with E-state index in [1.165, 1.54) is 11.5 Å². The summed E-state index contributed by atoms with van der Waals surface area (Å²) < 4.78 is 5.88. The van der Waals surface area contributed by atoms with Gasteiger partial charge in [0.05, 0.1) is 35.2 Å². The highest BCUT2D eigenvalue weighted by Gasteiger charge is 2.23. The number of hydrogen-bond acceptors (Lipinski definition) is 6. The highest BCUT2D eigenvalue weighted by atomic mass is 35.5. The maximum Gasteiger partial charge on any atom is 0.0986 e. The van der Waals surface area contributed by atoms with Gasteiger partial charge in [-0.1, -0.05) is 23.0 Å². The molecular weight excluding hydrogens is 296 g/mol. The van der Waals surface area contributed by atoms with Crippen LogP contribution in [0.5, 0.6) is 0 Å². The molecule has 2 heterocycles. The van der Waals surface area contributed by atoms with Crippen LogP contribution in [0.3, 0.4) is 0 Å². The molecular formula is C12H19ClN6S. The smallest absolute Gasteiger partial charge is 0.0986 e. The van der Waals surface area contributed by atoms with E-state index < -0.39 is 0 Å². The molecule has 1 atom stereocenters. The molecule has 8 heteroatoms. The lowest BCUT2D eigenvalue weighted by molar-refractivity contribution is 0.365. The van der Waals surface area contributed by atoms with Gasteiger partial charge in [0.2, 0.25) is 0 Å². The first-order chi connectivity index (χ1) is 9.63. The highest BCUT2D eigenvalue weighted by molar-refractivity contribution is 7.03. The van der Waals surface area contributed by atoms with E-state index in [2.05, 4.69) is 31.8 Å². The van der Waals surface area contributed by atoms with Crippen LogP contribution in [-0.2, 0) is 6.54 Å². The van der Waals surface area contributed by atoms with Crippen LogP contribution in [0, 0.1) is 0 Å². The molecule has 2 rings (SSSR count). The predicted octanol–water partition coefficient (Wildman–Crippen LogP) is 1.65. The van der Waals surface area contributed by atoms with Crippen molar-refractivity contribution in [2.75, 3.05) is 27.2 Å². The third-order valence-corrected chi connectivity index (χ3v) is 3.76. The van der Waals surface area contributed by atoms with Crippen molar-refractivity contribution >= 4 is 23.1 Å². The van der Waals surface area contributed by atoms with Crippen molar-refractivity contribution in [2.24, 2.45) is 0 Å². The van der Waals surface area contributed by atoms with Crippen LogP contribution in [0.2, 0.25) is 5.02 Å². The minimum atomic E-state index is -0.0732. The number of nitrogens with one attached hydrogen (secondary N) is 1. The minimum Gasteiger partial charge on any atom is -0.308 e. The zero-order valence-corrected chi connectivity index (χ0v) is 13.4. The predicted molar refractivity (Wildman–Crippen MR) is 81.2 cm³/mol. The number of rotatable bonds is 7. The highest BCUT2D eigenvalue weighted by Crippen LogP contribution is 2.27. The van der Waals surface area contributed by atoms with Crippen LogP contribution in [-0.4, -0.2) is 51.5 Å². The Morgan fingerprint density at radius 1 is 1.50 bits per heavy atom. The Bertz CT molecular complexity index is 524. The molecule has 6 nitrogen and oxygen atoms in total. The molecule has 0 amide bonds. The fraction of sp³-hybridized carbons (Fsp3) is 0.583. The molecule has 20 heavy (non-hydrogen) atoms. The summed E-state index contributed by atoms with van der Waals surface area (Å²) in [6, 6.07) is -0.0732. The summed E-state index contributed by atoms with van der Waals surface area (Å²) in [4.78, 5) is 2.12. The van der Waals surface area contributed by atoms with Crippen LogP contribution in [0.4, 0.5) is 0 Å². The lowest BCUT2D eigenvalue weighted by atomic mass is 10.1. The second-order valence-corrected chi connectivity index (χ2v) is 5.74. The Hall–Kier alpha value is -1.02. The summed E-state index contributed by atoms with van der Waals surface area (Å²) in [7, 11) is 4.08. The van der Waals surface area contributed by atoms with Crippen LogP contribution in [0.1, 0.15) is 24.4 Å². The van der Waals surface area contributed by atoms with E-state index in [0.717, 1.165) is 31.0 Å². The molecule has 2 aromatic rings. The Balaban J connectivity index is 2.30. The molecule has 0 radical (unpaired) electrons. The lowest BCUT2D eigenvalue weighted by Gasteiger charge is -2.19. The van der Waals surface area contributed by atoms with Crippen molar-refractivity contribution in [2.45, 2.75) is 19.5 Å². The van der Waals surface area contributed by atoms with Crippen LogP contribution < -0.4 is 5.32 Å². The third-order valence-electron chi connectivity index (χ3n) is 2.95. The summed E-state index contributed by atoms with van der Waals surface area (Å²) in [6.07, 6.45) is 1.69. The lowest BCUT2D eigenvalue weighted by Crippen LogP contribution is -2.27. The fourth-order valence-corrected chi connectivity index (χ4v) is 2.70. The Morgan fingerprint density at radius 3 is 2.90 bits per heavy atom. The van der Waals surface area contributed by atoms with Crippen molar-refractivity contribution in [3.8, 4) is 0 Å². The van der Waals surface area contributed by atoms with Gasteiger partial charge in [0.15, 0.2) is 0 Å². The quantitative estimate of drug-likeness (QED) is 0.842. The van der Waals surface area contributed by atoms with E-state index in [0.29, 0.717) is 5.02 Å². The molecule has 0 saturated carbocycles. The average molecular weight is 315 g/mol. The van der Waals surface area contributed by atoms with Gasteiger partial charge >= 0.3 is 0 Å². The minimum absolute atomic E-state index is 0.0732. The largest absolute Gasteiger partial charge is 0.308 e. The van der Waals surface area contributed by atoms with Gasteiger partial charge in [-0.05, 0) is 32.2 Å². The van der Waals surface area contributed by atoms with Crippen molar-refractivity contribution in [1.82, 2.24) is 29.6 Å². The van der Waals surface area contributed by atoms with Gasteiger partial charge in [-0.3, -0.25) is 4.68 Å². The van der Waals surface area contributed by atoms with Gasteiger partial charge in [0.1, 0.15) is 0 Å². The van der Waals surface area contributed by atoms with E-state index in [1.54, 1.807) is 6.20 Å². The molecule has 0 aliphatic carbocycles. The van der Waals surface area contributed by atoms with Crippen LogP contribution >= 0.6 is 23.1 Å². The van der Waals surface area contributed by atoms with Crippen molar-refractivity contribution < 1.29 is 0 Å². The molecule has 0 aliphatic heterocycles. The topological polar surface area (TPSA) is 58.9 Å². The monoisotopic (exact) mass is 314 g/mol. The molecule has 0 aliphatic rings. The molecule has 1 N–H and O–H groups in total. The second-order valence-electron chi connectivity index (χ2n) is 4.72. The standard InChI is InChI=1S/C12H19ClN6S/c1-4-14-11(10-8-20-17-16-10)12-9(13)7-15-19(12)6-5-18(2)3/h7-8,11,14H,4-6H2,1-3H3. The molecule has 0 aromatic carbocycles. The number of aromatic nitrogens is 4. The van der Waals surface area contributed by atoms with Crippen LogP contribution in [0.25, 0.3) is 0 Å². The van der Waals surface area contributed by atoms with Gasteiger partial charge in [-0.2, -0.15) is 5.10 Å². The van der Waals surface area contributed by atoms with Gasteiger partial charge in [-0.25, -0.2) is 0 Å². The normalized spacial score (nSPS) is 13.1. The summed E-state index contributed by atoms with van der Waals surface area (Å²) in [6.45, 7) is 4.56.